The van der Waals surface area contributed by atoms with E-state index in [9.17, 15) is 26.3 Å². The molecule has 0 aromatic heterocycles. The van der Waals surface area contributed by atoms with Gasteiger partial charge in [0, 0.05) is 5.02 Å². The van der Waals surface area contributed by atoms with Crippen LogP contribution < -0.4 is 4.74 Å². The Morgan fingerprint density at radius 3 is 1.28 bits per heavy atom. The highest BCUT2D eigenvalue weighted by molar-refractivity contribution is 7.86. The first kappa shape index (κ1) is 29.9. The summed E-state index contributed by atoms with van der Waals surface area (Å²) in [6, 6.07) is 16.0. The first-order chi connectivity index (χ1) is 14.3. The van der Waals surface area contributed by atoms with E-state index in [2.05, 4.69) is 12.1 Å². The number of rotatable bonds is 3. The van der Waals surface area contributed by atoms with Crippen LogP contribution in [-0.4, -0.2) is 44.1 Å². The van der Waals surface area contributed by atoms with Gasteiger partial charge in [-0.15, -0.1) is 0 Å². The van der Waals surface area contributed by atoms with Crippen LogP contribution in [0.1, 0.15) is 11.1 Å². The van der Waals surface area contributed by atoms with E-state index in [0.717, 1.165) is 17.2 Å². The molecule has 0 atom stereocenters. The summed E-state index contributed by atoms with van der Waals surface area (Å²) in [6.45, 7) is 0. The molecule has 0 aliphatic heterocycles. The third kappa shape index (κ3) is 11.5. The van der Waals surface area contributed by atoms with Gasteiger partial charge in [0.2, 0.25) is 0 Å². The van der Waals surface area contributed by atoms with Gasteiger partial charge in [0.05, 0.1) is 7.11 Å². The Kier molecular flexibility index (Phi) is 10.9. The van der Waals surface area contributed by atoms with Gasteiger partial charge >= 0.3 is 31.3 Å². The molecule has 0 saturated carbocycles. The number of halogens is 7. The Balaban J connectivity index is 0.000000510. The van der Waals surface area contributed by atoms with Crippen LogP contribution in [0.25, 0.3) is 0 Å². The first-order valence-corrected chi connectivity index (χ1v) is 11.0. The van der Waals surface area contributed by atoms with Gasteiger partial charge < -0.3 is 4.74 Å². The maximum atomic E-state index is 10.7. The lowest BCUT2D eigenvalue weighted by atomic mass is 10.1. The molecule has 0 fully saturated rings. The second-order valence-corrected chi connectivity index (χ2v) is 8.76. The molecule has 0 bridgehead atoms. The minimum absolute atomic E-state index is 0.776. The highest BCUT2D eigenvalue weighted by Crippen LogP contribution is 2.21. The summed E-state index contributed by atoms with van der Waals surface area (Å²) in [5.41, 5.74) is -8.54. The van der Waals surface area contributed by atoms with E-state index in [1.165, 1.54) is 11.1 Å². The maximum absolute atomic E-state index is 10.7. The molecule has 182 valence electrons. The minimum Gasteiger partial charge on any atom is -0.497 e. The van der Waals surface area contributed by atoms with Crippen LogP contribution >= 0.6 is 11.6 Å². The van der Waals surface area contributed by atoms with Crippen molar-refractivity contribution in [1.82, 2.24) is 0 Å². The van der Waals surface area contributed by atoms with E-state index in [1.54, 1.807) is 7.11 Å². The summed E-state index contributed by atoms with van der Waals surface area (Å²) in [5, 5.41) is 0.776. The van der Waals surface area contributed by atoms with Gasteiger partial charge in [0.15, 0.2) is 0 Å². The summed E-state index contributed by atoms with van der Waals surface area (Å²) in [6.07, 6.45) is 0.918. The van der Waals surface area contributed by atoms with Gasteiger partial charge in [-0.25, -0.2) is 0 Å². The molecule has 0 saturated heterocycles. The van der Waals surface area contributed by atoms with Crippen molar-refractivity contribution in [3.8, 4) is 5.75 Å². The van der Waals surface area contributed by atoms with E-state index in [-0.39, 0.29) is 0 Å². The van der Waals surface area contributed by atoms with Crippen molar-refractivity contribution in [2.75, 3.05) is 7.11 Å². The van der Waals surface area contributed by atoms with Crippen molar-refractivity contribution in [3.05, 3.63) is 64.7 Å². The highest BCUT2D eigenvalue weighted by atomic mass is 35.5. The van der Waals surface area contributed by atoms with Crippen LogP contribution in [-0.2, 0) is 26.7 Å². The molecule has 0 unspecified atom stereocenters. The predicted molar refractivity (Wildman–Crippen MR) is 102 cm³/mol. The highest BCUT2D eigenvalue weighted by Gasteiger charge is 2.45. The second-order valence-electron chi connectivity index (χ2n) is 5.49. The topological polar surface area (TPSA) is 118 Å². The van der Waals surface area contributed by atoms with Gasteiger partial charge in [-0.2, -0.15) is 43.2 Å². The number of ether oxygens (including phenoxy) is 1. The fourth-order valence-electron chi connectivity index (χ4n) is 1.58. The second kappa shape index (κ2) is 11.7. The lowest BCUT2D eigenvalue weighted by Crippen LogP contribution is -2.21. The summed E-state index contributed by atoms with van der Waals surface area (Å²) in [4.78, 5) is 0. The lowest BCUT2D eigenvalue weighted by molar-refractivity contribution is -0.0514. The van der Waals surface area contributed by atoms with Crippen LogP contribution in [0.2, 0.25) is 5.02 Å². The molecule has 16 heteroatoms. The number of alkyl halides is 6. The van der Waals surface area contributed by atoms with Gasteiger partial charge in [-0.05, 0) is 41.8 Å². The SMILES string of the molecule is COc1ccc(Cc2ccc(Cl)cc2)cc1.O=S(=O)(O)C(F)(F)F.O=S(=O)(O)C(F)(F)F. The average Bonchev–Trinajstić information content (AvgIpc) is 2.62. The Labute approximate surface area is 184 Å². The van der Waals surface area contributed by atoms with Crippen molar-refractivity contribution in [1.29, 1.82) is 0 Å². The Bertz CT molecular complexity index is 1010. The number of hydrogen-bond donors (Lipinski definition) is 2. The molecule has 0 aliphatic carbocycles. The molecule has 2 aromatic carbocycles. The van der Waals surface area contributed by atoms with E-state index < -0.39 is 31.3 Å². The third-order valence-corrected chi connectivity index (χ3v) is 4.49. The average molecular weight is 533 g/mol. The molecule has 0 heterocycles. The lowest BCUT2D eigenvalue weighted by Gasteiger charge is -2.04. The number of hydrogen-bond acceptors (Lipinski definition) is 5. The summed E-state index contributed by atoms with van der Waals surface area (Å²) in [5.74, 6) is 0.889. The van der Waals surface area contributed by atoms with Crippen molar-refractivity contribution < 1.29 is 57.0 Å². The van der Waals surface area contributed by atoms with E-state index >= 15 is 0 Å². The van der Waals surface area contributed by atoms with Gasteiger partial charge in [-0.3, -0.25) is 9.11 Å². The third-order valence-electron chi connectivity index (χ3n) is 3.07. The van der Waals surface area contributed by atoms with Gasteiger partial charge in [0.1, 0.15) is 5.75 Å². The monoisotopic (exact) mass is 532 g/mol. The Morgan fingerprint density at radius 2 is 1.03 bits per heavy atom. The van der Waals surface area contributed by atoms with Crippen LogP contribution in [0.4, 0.5) is 26.3 Å². The fraction of sp³-hybridized carbons (Fsp3) is 0.250. The fourth-order valence-corrected chi connectivity index (χ4v) is 1.71. The van der Waals surface area contributed by atoms with Gasteiger partial charge in [-0.1, -0.05) is 35.9 Å². The van der Waals surface area contributed by atoms with Crippen molar-refractivity contribution in [3.63, 3.8) is 0 Å². The maximum Gasteiger partial charge on any atom is 0.522 e. The summed E-state index contributed by atoms with van der Waals surface area (Å²) < 4.78 is 120. The van der Waals surface area contributed by atoms with E-state index in [0.29, 0.717) is 0 Å². The molecule has 7 nitrogen and oxygen atoms in total. The van der Waals surface area contributed by atoms with Crippen LogP contribution in [0.5, 0.6) is 5.75 Å². The molecular weight excluding hydrogens is 518 g/mol. The van der Waals surface area contributed by atoms with Crippen LogP contribution in [0, 0.1) is 0 Å². The normalized spacial score (nSPS) is 12.1. The molecular formula is C16H15ClF6O7S2. The van der Waals surface area contributed by atoms with Crippen LogP contribution in [0.15, 0.2) is 48.5 Å². The Hall–Kier alpha value is -2.07. The summed E-state index contributed by atoms with van der Waals surface area (Å²) in [7, 11) is -10.0. The zero-order valence-corrected chi connectivity index (χ0v) is 18.1. The molecule has 2 N–H and O–H groups in total. The Morgan fingerprint density at radius 1 is 0.750 bits per heavy atom. The zero-order valence-electron chi connectivity index (χ0n) is 15.7. The summed E-state index contributed by atoms with van der Waals surface area (Å²) >= 11 is 5.84. The van der Waals surface area contributed by atoms with E-state index in [4.69, 9.17) is 42.3 Å². The smallest absolute Gasteiger partial charge is 0.497 e. The first-order valence-electron chi connectivity index (χ1n) is 7.73. The largest absolute Gasteiger partial charge is 0.522 e. The van der Waals surface area contributed by atoms with Crippen molar-refractivity contribution >= 4 is 31.8 Å². The molecule has 0 spiro atoms. The number of benzene rings is 2. The van der Waals surface area contributed by atoms with Crippen molar-refractivity contribution in [2.24, 2.45) is 0 Å². The molecule has 0 aliphatic rings. The van der Waals surface area contributed by atoms with E-state index in [1.807, 2.05) is 36.4 Å². The molecule has 2 rings (SSSR count). The van der Waals surface area contributed by atoms with Crippen LogP contribution in [0.3, 0.4) is 0 Å². The predicted octanol–water partition coefficient (Wildman–Crippen LogP) is 4.73. The van der Waals surface area contributed by atoms with Gasteiger partial charge in [0.25, 0.3) is 0 Å². The molecule has 0 radical (unpaired) electrons. The molecule has 32 heavy (non-hydrogen) atoms. The minimum atomic E-state index is -5.84. The quantitative estimate of drug-likeness (QED) is 0.333. The number of methoxy groups -OCH3 is 1. The molecule has 0 amide bonds. The zero-order chi connectivity index (χ0) is 25.4. The standard InChI is InChI=1S/C14H13ClO.2CHF3O3S/c1-16-14-8-4-12(5-9-14)10-11-2-6-13(15)7-3-11;2*2-1(3,4)8(5,6)7/h2-9H,10H2,1H3;2*(H,5,6,7). The molecule has 2 aromatic rings. The van der Waals surface area contributed by atoms with Crippen molar-refractivity contribution in [2.45, 2.75) is 17.4 Å².